The molecule has 5 heteroatoms. The molecule has 1 aromatic carbocycles. The Morgan fingerprint density at radius 3 is 2.67 bits per heavy atom. The average molecular weight is 243 g/mol. The van der Waals surface area contributed by atoms with Gasteiger partial charge in [0.1, 0.15) is 6.04 Å². The highest BCUT2D eigenvalue weighted by Gasteiger charge is 2.14. The zero-order valence-electron chi connectivity index (χ0n) is 8.09. The van der Waals surface area contributed by atoms with Gasteiger partial charge in [-0.25, -0.2) is 4.72 Å². The molecule has 82 valence electrons. The first-order valence-corrected chi connectivity index (χ1v) is 6.10. The summed E-state index contributed by atoms with van der Waals surface area (Å²) < 4.78 is 2.86. The molecule has 0 unspecified atom stereocenters. The van der Waals surface area contributed by atoms with Gasteiger partial charge in [-0.05, 0) is 5.56 Å². The molecule has 0 radical (unpaired) electrons. The van der Waals surface area contributed by atoms with Crippen LogP contribution >= 0.6 is 24.6 Å². The van der Waals surface area contributed by atoms with Gasteiger partial charge >= 0.3 is 5.97 Å². The van der Waals surface area contributed by atoms with E-state index in [1.54, 1.807) is 0 Å². The Morgan fingerprint density at radius 2 is 2.13 bits per heavy atom. The van der Waals surface area contributed by atoms with Gasteiger partial charge in [0, 0.05) is 11.5 Å². The third kappa shape index (κ3) is 4.59. The Morgan fingerprint density at radius 1 is 1.47 bits per heavy atom. The highest BCUT2D eigenvalue weighted by atomic mass is 32.2. The molecule has 0 amide bonds. The van der Waals surface area contributed by atoms with Crippen molar-refractivity contribution in [2.75, 3.05) is 5.75 Å². The van der Waals surface area contributed by atoms with Crippen LogP contribution in [0, 0.1) is 0 Å². The Hall–Kier alpha value is -0.650. The molecule has 0 saturated heterocycles. The van der Waals surface area contributed by atoms with E-state index in [2.05, 4.69) is 17.4 Å². The maximum Gasteiger partial charge on any atom is 0.322 e. The van der Waals surface area contributed by atoms with Crippen LogP contribution in [0.4, 0.5) is 0 Å². The lowest BCUT2D eigenvalue weighted by Gasteiger charge is -2.10. The summed E-state index contributed by atoms with van der Waals surface area (Å²) >= 11 is 5.35. The highest BCUT2D eigenvalue weighted by molar-refractivity contribution is 7.96. The van der Waals surface area contributed by atoms with Crippen molar-refractivity contribution in [1.29, 1.82) is 0 Å². The van der Waals surface area contributed by atoms with Crippen molar-refractivity contribution < 1.29 is 9.90 Å². The second-order valence-electron chi connectivity index (χ2n) is 2.97. The van der Waals surface area contributed by atoms with Crippen molar-refractivity contribution in [1.82, 2.24) is 4.72 Å². The van der Waals surface area contributed by atoms with Crippen molar-refractivity contribution in [2.24, 2.45) is 0 Å². The monoisotopic (exact) mass is 243 g/mol. The molecule has 0 aliphatic carbocycles. The lowest BCUT2D eigenvalue weighted by Crippen LogP contribution is -2.33. The van der Waals surface area contributed by atoms with Crippen LogP contribution in [-0.2, 0) is 10.5 Å². The van der Waals surface area contributed by atoms with Crippen LogP contribution in [0.25, 0.3) is 0 Å². The number of benzene rings is 1. The van der Waals surface area contributed by atoms with Crippen molar-refractivity contribution in [3.63, 3.8) is 0 Å². The number of thiol groups is 1. The molecular weight excluding hydrogens is 230 g/mol. The quantitative estimate of drug-likeness (QED) is 0.527. The maximum absolute atomic E-state index is 10.6. The van der Waals surface area contributed by atoms with Gasteiger partial charge in [0.2, 0.25) is 0 Å². The number of hydrogen-bond acceptors (Lipinski definition) is 4. The van der Waals surface area contributed by atoms with Gasteiger partial charge in [-0.15, -0.1) is 0 Å². The molecule has 0 spiro atoms. The fraction of sp³-hybridized carbons (Fsp3) is 0.300. The summed E-state index contributed by atoms with van der Waals surface area (Å²) in [5.41, 5.74) is 1.17. The number of nitrogens with one attached hydrogen (secondary N) is 1. The number of rotatable bonds is 6. The van der Waals surface area contributed by atoms with Gasteiger partial charge in [-0.1, -0.05) is 42.3 Å². The molecule has 0 aliphatic heterocycles. The molecule has 1 rings (SSSR count). The van der Waals surface area contributed by atoms with E-state index < -0.39 is 12.0 Å². The minimum absolute atomic E-state index is 0.289. The van der Waals surface area contributed by atoms with E-state index in [-0.39, 0.29) is 5.75 Å². The first kappa shape index (κ1) is 12.4. The van der Waals surface area contributed by atoms with Crippen LogP contribution in [0.15, 0.2) is 30.3 Å². The van der Waals surface area contributed by atoms with Crippen LogP contribution in [0.5, 0.6) is 0 Å². The Bertz CT molecular complexity index is 306. The van der Waals surface area contributed by atoms with Crippen molar-refractivity contribution in [2.45, 2.75) is 11.8 Å². The van der Waals surface area contributed by atoms with Gasteiger partial charge in [0.15, 0.2) is 0 Å². The number of carbonyl (C=O) groups is 1. The van der Waals surface area contributed by atoms with Crippen LogP contribution < -0.4 is 4.72 Å². The van der Waals surface area contributed by atoms with Gasteiger partial charge in [-0.2, -0.15) is 12.6 Å². The molecule has 0 bridgehead atoms. The number of carboxylic acids is 1. The zero-order valence-corrected chi connectivity index (χ0v) is 9.80. The minimum Gasteiger partial charge on any atom is -0.480 e. The fourth-order valence-electron chi connectivity index (χ4n) is 0.966. The first-order chi connectivity index (χ1) is 7.24. The lowest BCUT2D eigenvalue weighted by atomic mass is 10.2. The second kappa shape index (κ2) is 6.76. The first-order valence-electron chi connectivity index (χ1n) is 4.49. The average Bonchev–Trinajstić information content (AvgIpc) is 2.25. The Labute approximate surface area is 98.8 Å². The third-order valence-electron chi connectivity index (χ3n) is 1.79. The van der Waals surface area contributed by atoms with Gasteiger partial charge < -0.3 is 5.11 Å². The van der Waals surface area contributed by atoms with E-state index in [0.717, 1.165) is 5.75 Å². The van der Waals surface area contributed by atoms with Crippen molar-refractivity contribution in [3.05, 3.63) is 35.9 Å². The largest absolute Gasteiger partial charge is 0.480 e. The van der Waals surface area contributed by atoms with Crippen molar-refractivity contribution in [3.8, 4) is 0 Å². The zero-order chi connectivity index (χ0) is 11.1. The minimum atomic E-state index is -0.870. The van der Waals surface area contributed by atoms with Crippen LogP contribution in [-0.4, -0.2) is 22.9 Å². The van der Waals surface area contributed by atoms with Gasteiger partial charge in [0.05, 0.1) is 0 Å². The Kier molecular flexibility index (Phi) is 5.60. The number of aliphatic carboxylic acids is 1. The predicted molar refractivity (Wildman–Crippen MR) is 66.1 cm³/mol. The van der Waals surface area contributed by atoms with Crippen LogP contribution in [0.3, 0.4) is 0 Å². The fourth-order valence-corrected chi connectivity index (χ4v) is 2.16. The maximum atomic E-state index is 10.6. The highest BCUT2D eigenvalue weighted by Crippen LogP contribution is 2.09. The molecule has 0 fully saturated rings. The molecule has 3 nitrogen and oxygen atoms in total. The summed E-state index contributed by atoms with van der Waals surface area (Å²) in [7, 11) is 0. The SMILES string of the molecule is O=C(O)[C@@H](CS)NSCc1ccccc1. The molecule has 1 aromatic rings. The summed E-state index contributed by atoms with van der Waals surface area (Å²) in [6.07, 6.45) is 0. The normalized spacial score (nSPS) is 12.3. The lowest BCUT2D eigenvalue weighted by molar-refractivity contribution is -0.138. The van der Waals surface area contributed by atoms with E-state index in [1.807, 2.05) is 30.3 Å². The molecule has 1 atom stereocenters. The van der Waals surface area contributed by atoms with Crippen LogP contribution in [0.2, 0.25) is 0 Å². The number of hydrogen-bond donors (Lipinski definition) is 3. The van der Waals surface area contributed by atoms with E-state index in [9.17, 15) is 4.79 Å². The molecule has 0 heterocycles. The van der Waals surface area contributed by atoms with E-state index in [0.29, 0.717) is 0 Å². The van der Waals surface area contributed by atoms with E-state index in [1.165, 1.54) is 17.5 Å². The summed E-state index contributed by atoms with van der Waals surface area (Å²) in [6.45, 7) is 0. The number of carboxylic acid groups (broad SMARTS) is 1. The molecule has 0 saturated carbocycles. The summed E-state index contributed by atoms with van der Waals surface area (Å²) in [5, 5.41) is 8.75. The molecule has 0 aliphatic rings. The molecule has 2 N–H and O–H groups in total. The second-order valence-corrected chi connectivity index (χ2v) is 4.14. The summed E-state index contributed by atoms with van der Waals surface area (Å²) in [6, 6.07) is 9.29. The topological polar surface area (TPSA) is 49.3 Å². The van der Waals surface area contributed by atoms with Crippen molar-refractivity contribution >= 4 is 30.5 Å². The third-order valence-corrected chi connectivity index (χ3v) is 3.08. The van der Waals surface area contributed by atoms with Gasteiger partial charge in [-0.3, -0.25) is 4.79 Å². The van der Waals surface area contributed by atoms with E-state index >= 15 is 0 Å². The Balaban J connectivity index is 2.30. The van der Waals surface area contributed by atoms with Gasteiger partial charge in [0.25, 0.3) is 0 Å². The molecule has 0 aromatic heterocycles. The molecular formula is C10H13NO2S2. The summed E-state index contributed by atoms with van der Waals surface area (Å²) in [5.74, 6) is 0.167. The molecule has 15 heavy (non-hydrogen) atoms. The van der Waals surface area contributed by atoms with E-state index in [4.69, 9.17) is 5.11 Å². The smallest absolute Gasteiger partial charge is 0.322 e. The van der Waals surface area contributed by atoms with Crippen LogP contribution in [0.1, 0.15) is 5.56 Å². The predicted octanol–water partition coefficient (Wildman–Crippen LogP) is 1.81. The summed E-state index contributed by atoms with van der Waals surface area (Å²) in [4.78, 5) is 10.6. The standard InChI is InChI=1S/C10H13NO2S2/c12-10(13)9(6-14)11-15-7-8-4-2-1-3-5-8/h1-5,9,11,14H,6-7H2,(H,12,13)/t9-/m1/s1.